The minimum Gasteiger partial charge on any atom is -0.309 e. The van der Waals surface area contributed by atoms with Gasteiger partial charge in [-0.05, 0) is 86.5 Å². The van der Waals surface area contributed by atoms with Gasteiger partial charge in [-0.1, -0.05) is 109 Å². The molecular weight excluding hydrogens is 508 g/mol. The standard InChI is InChI=1S/C40H28N2/c41-23-9-8-10-27-17-20-36-37-22-19-29-25-30(38-26-28-11-4-5-14-32(28)34-15-6-7-16-35(34)38)18-21-33(29)40(37)42(39(36)24-27)31-12-2-1-3-13-31/h1-9,11-26,41H,10H2/b9-8-,41-23?. The van der Waals surface area contributed by atoms with E-state index in [0.717, 1.165) is 12.1 Å². The Morgan fingerprint density at radius 1 is 0.548 bits per heavy atom. The molecule has 0 unspecified atom stereocenters. The summed E-state index contributed by atoms with van der Waals surface area (Å²) in [7, 11) is 0. The van der Waals surface area contributed by atoms with Crippen molar-refractivity contribution in [1.82, 2.24) is 4.57 Å². The van der Waals surface area contributed by atoms with Gasteiger partial charge in [0.05, 0.1) is 11.0 Å². The summed E-state index contributed by atoms with van der Waals surface area (Å²) >= 11 is 0. The Kier molecular flexibility index (Phi) is 5.72. The van der Waals surface area contributed by atoms with E-state index in [4.69, 9.17) is 5.41 Å². The molecule has 1 aromatic heterocycles. The summed E-state index contributed by atoms with van der Waals surface area (Å²) in [5.74, 6) is 0. The van der Waals surface area contributed by atoms with Gasteiger partial charge in [0.15, 0.2) is 0 Å². The third kappa shape index (κ3) is 3.84. The second-order valence-corrected chi connectivity index (χ2v) is 10.9. The quantitative estimate of drug-likeness (QED) is 0.167. The van der Waals surface area contributed by atoms with Gasteiger partial charge < -0.3 is 9.98 Å². The molecule has 0 atom stereocenters. The van der Waals surface area contributed by atoms with Crippen LogP contribution in [0, 0.1) is 5.41 Å². The van der Waals surface area contributed by atoms with Crippen molar-refractivity contribution in [3.63, 3.8) is 0 Å². The number of benzene rings is 7. The highest BCUT2D eigenvalue weighted by atomic mass is 15.0. The van der Waals surface area contributed by atoms with E-state index in [2.05, 4.69) is 138 Å². The Hall–Kier alpha value is -5.47. The van der Waals surface area contributed by atoms with E-state index < -0.39 is 0 Å². The summed E-state index contributed by atoms with van der Waals surface area (Å²) < 4.78 is 2.42. The molecule has 1 heterocycles. The summed E-state index contributed by atoms with van der Waals surface area (Å²) in [6, 6.07) is 48.7. The summed E-state index contributed by atoms with van der Waals surface area (Å²) in [6.45, 7) is 0. The predicted octanol–water partition coefficient (Wildman–Crippen LogP) is 10.7. The molecule has 8 rings (SSSR count). The maximum Gasteiger partial charge on any atom is 0.0619 e. The molecule has 0 aliphatic heterocycles. The van der Waals surface area contributed by atoms with E-state index in [1.807, 2.05) is 6.08 Å². The van der Waals surface area contributed by atoms with E-state index in [-0.39, 0.29) is 0 Å². The van der Waals surface area contributed by atoms with Crippen LogP contribution in [-0.4, -0.2) is 10.8 Å². The van der Waals surface area contributed by atoms with Crippen molar-refractivity contribution in [1.29, 1.82) is 5.41 Å². The molecule has 2 nitrogen and oxygen atoms in total. The summed E-state index contributed by atoms with van der Waals surface area (Å²) in [5.41, 5.74) is 7.31. The molecule has 0 fully saturated rings. The highest BCUT2D eigenvalue weighted by Gasteiger charge is 2.16. The number of aromatic nitrogens is 1. The van der Waals surface area contributed by atoms with E-state index in [0.29, 0.717) is 0 Å². The van der Waals surface area contributed by atoms with Crippen LogP contribution in [0.1, 0.15) is 5.56 Å². The highest BCUT2D eigenvalue weighted by Crippen LogP contribution is 2.40. The molecule has 8 aromatic rings. The molecule has 0 saturated heterocycles. The zero-order chi connectivity index (χ0) is 28.0. The van der Waals surface area contributed by atoms with Crippen molar-refractivity contribution < 1.29 is 0 Å². The Morgan fingerprint density at radius 3 is 2.12 bits per heavy atom. The first-order chi connectivity index (χ1) is 20.8. The average molecular weight is 537 g/mol. The van der Waals surface area contributed by atoms with Crippen molar-refractivity contribution in [2.75, 3.05) is 0 Å². The minimum absolute atomic E-state index is 0.797. The molecule has 0 bridgehead atoms. The molecule has 2 heteroatoms. The van der Waals surface area contributed by atoms with Crippen LogP contribution in [0.2, 0.25) is 0 Å². The van der Waals surface area contributed by atoms with Gasteiger partial charge in [0.2, 0.25) is 0 Å². The lowest BCUT2D eigenvalue weighted by Gasteiger charge is -2.13. The van der Waals surface area contributed by atoms with Crippen molar-refractivity contribution in [2.45, 2.75) is 6.42 Å². The van der Waals surface area contributed by atoms with Crippen LogP contribution < -0.4 is 0 Å². The first kappa shape index (κ1) is 24.3. The fourth-order valence-corrected chi connectivity index (χ4v) is 6.59. The van der Waals surface area contributed by atoms with Gasteiger partial charge in [0.1, 0.15) is 0 Å². The topological polar surface area (TPSA) is 28.8 Å². The van der Waals surface area contributed by atoms with Gasteiger partial charge in [0, 0.05) is 28.1 Å². The molecule has 0 aliphatic rings. The van der Waals surface area contributed by atoms with Gasteiger partial charge in [-0.3, -0.25) is 0 Å². The maximum atomic E-state index is 7.33. The molecule has 0 saturated carbocycles. The number of fused-ring (bicyclic) bond motifs is 8. The van der Waals surface area contributed by atoms with Crippen LogP contribution in [-0.2, 0) is 6.42 Å². The Bertz CT molecular complexity index is 2340. The number of allylic oxidation sites excluding steroid dienone is 2. The monoisotopic (exact) mass is 536 g/mol. The summed E-state index contributed by atoms with van der Waals surface area (Å²) in [4.78, 5) is 0. The lowest BCUT2D eigenvalue weighted by molar-refractivity contribution is 1.18. The number of para-hydroxylation sites is 1. The normalized spacial score (nSPS) is 11.9. The molecule has 0 radical (unpaired) electrons. The number of rotatable bonds is 5. The molecule has 1 N–H and O–H groups in total. The first-order valence-electron chi connectivity index (χ1n) is 14.4. The fourth-order valence-electron chi connectivity index (χ4n) is 6.59. The maximum absolute atomic E-state index is 7.33. The smallest absolute Gasteiger partial charge is 0.0619 e. The highest BCUT2D eigenvalue weighted by molar-refractivity contribution is 6.20. The SMILES string of the molecule is N=C/C=C\Cc1ccc2c3ccc4cc(-c5cc6ccccc6c6ccccc56)ccc4c3n(-c3ccccc3)c2c1. The largest absolute Gasteiger partial charge is 0.309 e. The molecule has 42 heavy (non-hydrogen) atoms. The molecule has 198 valence electrons. The zero-order valence-electron chi connectivity index (χ0n) is 23.1. The van der Waals surface area contributed by atoms with Gasteiger partial charge in [-0.2, -0.15) is 0 Å². The van der Waals surface area contributed by atoms with Crippen LogP contribution in [0.3, 0.4) is 0 Å². The number of hydrogen-bond donors (Lipinski definition) is 1. The molecule has 0 amide bonds. The first-order valence-corrected chi connectivity index (χ1v) is 14.4. The van der Waals surface area contributed by atoms with Crippen molar-refractivity contribution in [2.24, 2.45) is 0 Å². The van der Waals surface area contributed by atoms with Crippen molar-refractivity contribution in [3.8, 4) is 16.8 Å². The van der Waals surface area contributed by atoms with Gasteiger partial charge in [-0.25, -0.2) is 0 Å². The van der Waals surface area contributed by atoms with Crippen LogP contribution in [0.4, 0.5) is 0 Å². The van der Waals surface area contributed by atoms with E-state index >= 15 is 0 Å². The van der Waals surface area contributed by atoms with Gasteiger partial charge in [-0.15, -0.1) is 0 Å². The second-order valence-electron chi connectivity index (χ2n) is 10.9. The third-order valence-electron chi connectivity index (χ3n) is 8.49. The van der Waals surface area contributed by atoms with Crippen LogP contribution in [0.5, 0.6) is 0 Å². The molecule has 7 aromatic carbocycles. The molecular formula is C40H28N2. The van der Waals surface area contributed by atoms with Gasteiger partial charge >= 0.3 is 0 Å². The van der Waals surface area contributed by atoms with E-state index in [1.165, 1.54) is 77.0 Å². The average Bonchev–Trinajstić information content (AvgIpc) is 3.38. The lowest BCUT2D eigenvalue weighted by Crippen LogP contribution is -1.95. The number of nitrogens with zero attached hydrogens (tertiary/aromatic N) is 1. The second kappa shape index (κ2) is 9.87. The Labute approximate surface area is 244 Å². The van der Waals surface area contributed by atoms with Crippen molar-refractivity contribution >= 4 is 60.3 Å². The fraction of sp³-hybridized carbons (Fsp3) is 0.0250. The van der Waals surface area contributed by atoms with Crippen LogP contribution in [0.15, 0.2) is 146 Å². The van der Waals surface area contributed by atoms with Crippen LogP contribution in [0.25, 0.3) is 70.9 Å². The van der Waals surface area contributed by atoms with Crippen LogP contribution >= 0.6 is 0 Å². The van der Waals surface area contributed by atoms with E-state index in [9.17, 15) is 0 Å². The van der Waals surface area contributed by atoms with Crippen molar-refractivity contribution in [3.05, 3.63) is 151 Å². The molecule has 0 aliphatic carbocycles. The summed E-state index contributed by atoms with van der Waals surface area (Å²) in [5, 5.41) is 17.4. The molecule has 0 spiro atoms. The van der Waals surface area contributed by atoms with Gasteiger partial charge in [0.25, 0.3) is 0 Å². The number of hydrogen-bond acceptors (Lipinski definition) is 1. The Morgan fingerprint density at radius 2 is 1.26 bits per heavy atom. The van der Waals surface area contributed by atoms with E-state index in [1.54, 1.807) is 6.08 Å². The Balaban J connectivity index is 1.40. The third-order valence-corrected chi connectivity index (χ3v) is 8.49. The predicted molar refractivity (Wildman–Crippen MR) is 180 cm³/mol. The minimum atomic E-state index is 0.797. The zero-order valence-corrected chi connectivity index (χ0v) is 23.1. The lowest BCUT2D eigenvalue weighted by atomic mass is 9.92. The number of nitrogens with one attached hydrogen (secondary N) is 1. The summed E-state index contributed by atoms with van der Waals surface area (Å²) in [6.07, 6.45) is 5.96.